The number of amides is 2. The van der Waals surface area contributed by atoms with Crippen LogP contribution in [0.1, 0.15) is 51.9 Å². The highest BCUT2D eigenvalue weighted by molar-refractivity contribution is 5.88. The van der Waals surface area contributed by atoms with Crippen molar-refractivity contribution in [2.24, 2.45) is 11.1 Å². The minimum Gasteiger partial charge on any atom is -0.480 e. The number of carboxylic acid groups (broad SMARTS) is 1. The summed E-state index contributed by atoms with van der Waals surface area (Å²) in [6.07, 6.45) is 4.31. The molecule has 0 saturated heterocycles. The number of carbonyl (C=O) groups excluding carboxylic acids is 2. The molecule has 0 bridgehead atoms. The van der Waals surface area contributed by atoms with E-state index >= 15 is 0 Å². The zero-order chi connectivity index (χ0) is 14.5. The monoisotopic (exact) mass is 270 g/mol. The van der Waals surface area contributed by atoms with Crippen molar-refractivity contribution >= 4 is 17.8 Å². The first kappa shape index (κ1) is 15.5. The number of aliphatic carboxylic acids is 1. The van der Waals surface area contributed by atoms with Crippen molar-refractivity contribution in [1.29, 1.82) is 0 Å². The Bertz CT molecular complexity index is 362. The molecule has 0 aromatic rings. The SMILES string of the molecule is CCC1(C(=O)N[C@H](CCC(N)=O)C(=O)O)CCCC1. The summed E-state index contributed by atoms with van der Waals surface area (Å²) in [6, 6.07) is -1.04. The smallest absolute Gasteiger partial charge is 0.326 e. The van der Waals surface area contributed by atoms with Crippen LogP contribution in [0, 0.1) is 5.41 Å². The van der Waals surface area contributed by atoms with E-state index in [4.69, 9.17) is 10.8 Å². The van der Waals surface area contributed by atoms with Gasteiger partial charge in [-0.15, -0.1) is 0 Å². The quantitative estimate of drug-likeness (QED) is 0.635. The Morgan fingerprint density at radius 1 is 1.32 bits per heavy atom. The predicted molar refractivity (Wildman–Crippen MR) is 69.2 cm³/mol. The second-order valence-corrected chi connectivity index (χ2v) is 5.21. The predicted octanol–water partition coefficient (Wildman–Crippen LogP) is 0.792. The number of carbonyl (C=O) groups is 3. The molecule has 0 spiro atoms. The van der Waals surface area contributed by atoms with Gasteiger partial charge in [0.2, 0.25) is 11.8 Å². The van der Waals surface area contributed by atoms with Crippen molar-refractivity contribution in [2.45, 2.75) is 57.9 Å². The van der Waals surface area contributed by atoms with Gasteiger partial charge in [-0.3, -0.25) is 9.59 Å². The summed E-state index contributed by atoms with van der Waals surface area (Å²) in [4.78, 5) is 34.1. The van der Waals surface area contributed by atoms with E-state index in [0.29, 0.717) is 6.42 Å². The van der Waals surface area contributed by atoms with Crippen molar-refractivity contribution < 1.29 is 19.5 Å². The Labute approximate surface area is 112 Å². The summed E-state index contributed by atoms with van der Waals surface area (Å²) < 4.78 is 0. The molecule has 4 N–H and O–H groups in total. The summed E-state index contributed by atoms with van der Waals surface area (Å²) in [7, 11) is 0. The van der Waals surface area contributed by atoms with E-state index in [-0.39, 0.29) is 18.7 Å². The van der Waals surface area contributed by atoms with E-state index in [9.17, 15) is 14.4 Å². The second-order valence-electron chi connectivity index (χ2n) is 5.21. The molecular weight excluding hydrogens is 248 g/mol. The molecule has 0 aliphatic heterocycles. The van der Waals surface area contributed by atoms with Crippen molar-refractivity contribution in [1.82, 2.24) is 5.32 Å². The van der Waals surface area contributed by atoms with Gasteiger partial charge >= 0.3 is 5.97 Å². The average molecular weight is 270 g/mol. The first-order valence-corrected chi connectivity index (χ1v) is 6.73. The van der Waals surface area contributed by atoms with E-state index in [1.807, 2.05) is 6.92 Å². The normalized spacial score (nSPS) is 18.8. The molecule has 1 rings (SSSR count). The van der Waals surface area contributed by atoms with Gasteiger partial charge in [0.1, 0.15) is 6.04 Å². The molecule has 1 saturated carbocycles. The van der Waals surface area contributed by atoms with Crippen LogP contribution in [0.3, 0.4) is 0 Å². The molecule has 19 heavy (non-hydrogen) atoms. The summed E-state index contributed by atoms with van der Waals surface area (Å²) in [6.45, 7) is 1.95. The Kier molecular flexibility index (Phi) is 5.32. The fourth-order valence-corrected chi connectivity index (χ4v) is 2.65. The summed E-state index contributed by atoms with van der Waals surface area (Å²) in [5.74, 6) is -1.89. The molecule has 0 radical (unpaired) electrons. The molecule has 6 nitrogen and oxygen atoms in total. The number of rotatable bonds is 7. The third-order valence-corrected chi connectivity index (χ3v) is 4.00. The zero-order valence-electron chi connectivity index (χ0n) is 11.3. The fraction of sp³-hybridized carbons (Fsp3) is 0.769. The van der Waals surface area contributed by atoms with E-state index in [1.54, 1.807) is 0 Å². The van der Waals surface area contributed by atoms with Crippen LogP contribution in [0.25, 0.3) is 0 Å². The number of nitrogens with two attached hydrogens (primary N) is 1. The second kappa shape index (κ2) is 6.54. The average Bonchev–Trinajstić information content (AvgIpc) is 2.83. The number of primary amides is 1. The molecule has 1 atom stereocenters. The lowest BCUT2D eigenvalue weighted by Crippen LogP contribution is -2.47. The lowest BCUT2D eigenvalue weighted by molar-refractivity contribution is -0.144. The minimum atomic E-state index is -1.13. The highest BCUT2D eigenvalue weighted by Gasteiger charge is 2.40. The van der Waals surface area contributed by atoms with Crippen molar-refractivity contribution in [2.75, 3.05) is 0 Å². The van der Waals surface area contributed by atoms with Gasteiger partial charge < -0.3 is 16.2 Å². The van der Waals surface area contributed by atoms with Gasteiger partial charge in [0, 0.05) is 11.8 Å². The van der Waals surface area contributed by atoms with E-state index in [1.165, 1.54) is 0 Å². The molecule has 6 heteroatoms. The number of hydrogen-bond donors (Lipinski definition) is 3. The fourth-order valence-electron chi connectivity index (χ4n) is 2.65. The minimum absolute atomic E-state index is 0.0379. The number of hydrogen-bond acceptors (Lipinski definition) is 3. The first-order valence-electron chi connectivity index (χ1n) is 6.73. The molecule has 1 aliphatic rings. The highest BCUT2D eigenvalue weighted by Crippen LogP contribution is 2.41. The molecule has 0 aromatic carbocycles. The van der Waals surface area contributed by atoms with Crippen LogP contribution in [0.4, 0.5) is 0 Å². The first-order chi connectivity index (χ1) is 8.91. The lowest BCUT2D eigenvalue weighted by Gasteiger charge is -2.28. The standard InChI is InChI=1S/C13H22N2O4/c1-2-13(7-3-4-8-13)12(19)15-9(11(17)18)5-6-10(14)16/h9H,2-8H2,1H3,(H2,14,16)(H,15,19)(H,17,18)/t9-/m1/s1. The number of nitrogens with one attached hydrogen (secondary N) is 1. The van der Waals surface area contributed by atoms with Crippen LogP contribution in [0.5, 0.6) is 0 Å². The molecule has 1 aliphatic carbocycles. The van der Waals surface area contributed by atoms with Gasteiger partial charge in [0.05, 0.1) is 0 Å². The Hall–Kier alpha value is -1.59. The molecule has 2 amide bonds. The molecule has 1 fully saturated rings. The van der Waals surface area contributed by atoms with E-state index < -0.39 is 23.3 Å². The van der Waals surface area contributed by atoms with E-state index in [2.05, 4.69) is 5.32 Å². The molecule has 108 valence electrons. The van der Waals surface area contributed by atoms with Crippen molar-refractivity contribution in [3.8, 4) is 0 Å². The van der Waals surface area contributed by atoms with Gasteiger partial charge in [0.25, 0.3) is 0 Å². The van der Waals surface area contributed by atoms with Gasteiger partial charge in [-0.2, -0.15) is 0 Å². The largest absolute Gasteiger partial charge is 0.480 e. The van der Waals surface area contributed by atoms with Crippen LogP contribution in [-0.4, -0.2) is 28.9 Å². The van der Waals surface area contributed by atoms with Gasteiger partial charge in [0.15, 0.2) is 0 Å². The van der Waals surface area contributed by atoms with Crippen LogP contribution < -0.4 is 11.1 Å². The van der Waals surface area contributed by atoms with Crippen LogP contribution in [-0.2, 0) is 14.4 Å². The van der Waals surface area contributed by atoms with Crippen LogP contribution in [0.15, 0.2) is 0 Å². The highest BCUT2D eigenvalue weighted by atomic mass is 16.4. The third-order valence-electron chi connectivity index (χ3n) is 4.00. The van der Waals surface area contributed by atoms with Gasteiger partial charge in [-0.25, -0.2) is 4.79 Å². The van der Waals surface area contributed by atoms with Gasteiger partial charge in [-0.05, 0) is 25.7 Å². The topological polar surface area (TPSA) is 109 Å². The van der Waals surface area contributed by atoms with Crippen LogP contribution >= 0.6 is 0 Å². The third kappa shape index (κ3) is 3.94. The van der Waals surface area contributed by atoms with Crippen molar-refractivity contribution in [3.05, 3.63) is 0 Å². The maximum absolute atomic E-state index is 12.3. The molecule has 0 unspecified atom stereocenters. The molecule has 0 heterocycles. The van der Waals surface area contributed by atoms with Gasteiger partial charge in [-0.1, -0.05) is 19.8 Å². The maximum atomic E-state index is 12.3. The van der Waals surface area contributed by atoms with E-state index in [0.717, 1.165) is 25.7 Å². The maximum Gasteiger partial charge on any atom is 0.326 e. The summed E-state index contributed by atoms with van der Waals surface area (Å²) >= 11 is 0. The summed E-state index contributed by atoms with van der Waals surface area (Å²) in [5.41, 5.74) is 4.57. The number of carboxylic acids is 1. The Balaban J connectivity index is 2.65. The van der Waals surface area contributed by atoms with Crippen molar-refractivity contribution in [3.63, 3.8) is 0 Å². The molecular formula is C13H22N2O4. The lowest BCUT2D eigenvalue weighted by atomic mass is 9.82. The summed E-state index contributed by atoms with van der Waals surface area (Å²) in [5, 5.41) is 11.6. The van der Waals surface area contributed by atoms with Crippen LogP contribution in [0.2, 0.25) is 0 Å². The Morgan fingerprint density at radius 3 is 2.32 bits per heavy atom. The Morgan fingerprint density at radius 2 is 1.89 bits per heavy atom. The zero-order valence-corrected chi connectivity index (χ0v) is 11.3. The molecule has 0 aromatic heterocycles.